The highest BCUT2D eigenvalue weighted by Crippen LogP contribution is 2.23. The van der Waals surface area contributed by atoms with Gasteiger partial charge in [0.1, 0.15) is 0 Å². The van der Waals surface area contributed by atoms with Gasteiger partial charge in [-0.3, -0.25) is 14.4 Å². The zero-order chi connectivity index (χ0) is 18.8. The third-order valence-corrected chi connectivity index (χ3v) is 4.22. The predicted molar refractivity (Wildman–Crippen MR) is 98.0 cm³/mol. The summed E-state index contributed by atoms with van der Waals surface area (Å²) in [7, 11) is 0. The van der Waals surface area contributed by atoms with Crippen molar-refractivity contribution in [2.75, 3.05) is 13.2 Å². The number of benzene rings is 1. The monoisotopic (exact) mass is 358 g/mol. The zero-order valence-corrected chi connectivity index (χ0v) is 15.1. The number of unbranched alkanes of at least 4 members (excludes halogenated alkanes) is 1. The van der Waals surface area contributed by atoms with Crippen LogP contribution in [-0.4, -0.2) is 30.6 Å². The van der Waals surface area contributed by atoms with E-state index in [1.807, 2.05) is 37.3 Å². The van der Waals surface area contributed by atoms with E-state index in [1.54, 1.807) is 6.08 Å². The fourth-order valence-corrected chi connectivity index (χ4v) is 2.83. The van der Waals surface area contributed by atoms with E-state index >= 15 is 0 Å². The molecule has 6 heteroatoms. The summed E-state index contributed by atoms with van der Waals surface area (Å²) in [6.07, 6.45) is 3.27. The Kier molecular flexibility index (Phi) is 8.18. The summed E-state index contributed by atoms with van der Waals surface area (Å²) in [5.74, 6) is -1.29. The van der Waals surface area contributed by atoms with Crippen LogP contribution in [0, 0.1) is 5.92 Å². The highest BCUT2D eigenvalue weighted by atomic mass is 16.6. The molecule has 140 valence electrons. The van der Waals surface area contributed by atoms with E-state index < -0.39 is 5.92 Å². The summed E-state index contributed by atoms with van der Waals surface area (Å²) in [6.45, 7) is 3.53. The van der Waals surface area contributed by atoms with Gasteiger partial charge in [-0.15, -0.1) is 0 Å². The van der Waals surface area contributed by atoms with Gasteiger partial charge in [0, 0.05) is 25.9 Å². The van der Waals surface area contributed by atoms with Crippen molar-refractivity contribution in [3.8, 4) is 0 Å². The van der Waals surface area contributed by atoms with Crippen molar-refractivity contribution in [3.05, 3.63) is 47.5 Å². The first-order chi connectivity index (χ1) is 12.6. The normalized spacial score (nSPS) is 17.3. The van der Waals surface area contributed by atoms with Gasteiger partial charge in [0.05, 0.1) is 18.1 Å². The molecule has 0 radical (unpaired) electrons. The predicted octanol–water partition coefficient (Wildman–Crippen LogP) is 2.10. The fraction of sp³-hybridized carbons (Fsp3) is 0.450. The number of ketones is 2. The first-order valence-electron chi connectivity index (χ1n) is 9.04. The lowest BCUT2D eigenvalue weighted by atomic mass is 9.83. The second-order valence-corrected chi connectivity index (χ2v) is 6.24. The first-order valence-corrected chi connectivity index (χ1v) is 9.04. The standard InChI is InChI=1S/C20H26N2O4/c1-2-26-22-11-7-6-10-17-18(23)12-16(13-19(17)24)20(25)21-14-15-8-4-3-5-9-15/h3-5,8-10,16,22H,2,6-7,11-14H2,1H3,(H,21,25). The molecule has 0 saturated heterocycles. The molecule has 0 atom stereocenters. The third kappa shape index (κ3) is 6.20. The van der Waals surface area contributed by atoms with E-state index in [-0.39, 0.29) is 35.9 Å². The Morgan fingerprint density at radius 2 is 1.88 bits per heavy atom. The summed E-state index contributed by atoms with van der Waals surface area (Å²) in [5.41, 5.74) is 4.02. The number of nitrogens with one attached hydrogen (secondary N) is 2. The van der Waals surface area contributed by atoms with Crippen LogP contribution in [0.25, 0.3) is 0 Å². The first kappa shape index (κ1) is 20.0. The Bertz CT molecular complexity index is 635. The molecular weight excluding hydrogens is 332 g/mol. The van der Waals surface area contributed by atoms with E-state index in [9.17, 15) is 14.4 Å². The molecule has 1 saturated carbocycles. The van der Waals surface area contributed by atoms with Crippen LogP contribution in [-0.2, 0) is 25.8 Å². The van der Waals surface area contributed by atoms with Crippen LogP contribution >= 0.6 is 0 Å². The van der Waals surface area contributed by atoms with Crippen LogP contribution in [0.4, 0.5) is 0 Å². The van der Waals surface area contributed by atoms with Gasteiger partial charge in [-0.05, 0) is 25.3 Å². The van der Waals surface area contributed by atoms with Crippen LogP contribution < -0.4 is 10.8 Å². The molecule has 6 nitrogen and oxygen atoms in total. The summed E-state index contributed by atoms with van der Waals surface area (Å²) in [6, 6.07) is 9.54. The molecule has 0 aromatic heterocycles. The quantitative estimate of drug-likeness (QED) is 0.306. The van der Waals surface area contributed by atoms with Gasteiger partial charge in [-0.2, -0.15) is 0 Å². The minimum Gasteiger partial charge on any atom is -0.352 e. The van der Waals surface area contributed by atoms with Crippen LogP contribution in [0.15, 0.2) is 42.0 Å². The number of hydrogen-bond donors (Lipinski definition) is 2. The molecule has 0 aliphatic heterocycles. The van der Waals surface area contributed by atoms with Gasteiger partial charge in [-0.25, -0.2) is 5.48 Å². The minimum atomic E-state index is -0.574. The lowest BCUT2D eigenvalue weighted by Gasteiger charge is -2.21. The average molecular weight is 358 g/mol. The highest BCUT2D eigenvalue weighted by molar-refractivity contribution is 6.23. The molecule has 1 aromatic rings. The maximum absolute atomic E-state index is 12.3. The Balaban J connectivity index is 1.80. The van der Waals surface area contributed by atoms with Crippen molar-refractivity contribution in [1.82, 2.24) is 10.8 Å². The van der Waals surface area contributed by atoms with Crippen molar-refractivity contribution in [2.24, 2.45) is 5.92 Å². The van der Waals surface area contributed by atoms with Gasteiger partial charge < -0.3 is 10.2 Å². The fourth-order valence-electron chi connectivity index (χ4n) is 2.83. The molecule has 1 fully saturated rings. The molecule has 0 heterocycles. The average Bonchev–Trinajstić information content (AvgIpc) is 2.65. The SMILES string of the molecule is CCONCCCC=C1C(=O)CC(C(=O)NCc2ccccc2)CC1=O. The third-order valence-electron chi connectivity index (χ3n) is 4.22. The smallest absolute Gasteiger partial charge is 0.224 e. The van der Waals surface area contributed by atoms with Gasteiger partial charge >= 0.3 is 0 Å². The van der Waals surface area contributed by atoms with Gasteiger partial charge in [0.25, 0.3) is 0 Å². The second kappa shape index (κ2) is 10.6. The molecule has 26 heavy (non-hydrogen) atoms. The number of hydrogen-bond acceptors (Lipinski definition) is 5. The Hall–Kier alpha value is -2.31. The molecule has 0 unspecified atom stereocenters. The van der Waals surface area contributed by atoms with Gasteiger partial charge in [-0.1, -0.05) is 36.4 Å². The molecule has 0 bridgehead atoms. The van der Waals surface area contributed by atoms with E-state index in [0.29, 0.717) is 26.1 Å². The topological polar surface area (TPSA) is 84.5 Å². The molecule has 1 aliphatic rings. The molecule has 2 N–H and O–H groups in total. The molecule has 1 aliphatic carbocycles. The number of amides is 1. The molecular formula is C20H26N2O4. The lowest BCUT2D eigenvalue weighted by molar-refractivity contribution is -0.134. The van der Waals surface area contributed by atoms with Gasteiger partial charge in [0.15, 0.2) is 11.6 Å². The van der Waals surface area contributed by atoms with Crippen molar-refractivity contribution in [3.63, 3.8) is 0 Å². The lowest BCUT2D eigenvalue weighted by Crippen LogP contribution is -2.37. The number of Topliss-reactive ketones (excluding diaryl/α,β-unsaturated/α-hetero) is 2. The molecule has 1 aromatic carbocycles. The highest BCUT2D eigenvalue weighted by Gasteiger charge is 2.33. The zero-order valence-electron chi connectivity index (χ0n) is 15.1. The van der Waals surface area contributed by atoms with Crippen LogP contribution in [0.5, 0.6) is 0 Å². The summed E-state index contributed by atoms with van der Waals surface area (Å²) >= 11 is 0. The van der Waals surface area contributed by atoms with E-state index in [4.69, 9.17) is 4.84 Å². The Morgan fingerprint density at radius 3 is 2.54 bits per heavy atom. The number of carbonyl (C=O) groups is 3. The van der Waals surface area contributed by atoms with Crippen LogP contribution in [0.1, 0.15) is 38.2 Å². The van der Waals surface area contributed by atoms with E-state index in [2.05, 4.69) is 10.8 Å². The summed E-state index contributed by atoms with van der Waals surface area (Å²) < 4.78 is 0. The minimum absolute atomic E-state index is 0.0927. The molecule has 2 rings (SSSR count). The summed E-state index contributed by atoms with van der Waals surface area (Å²) in [5, 5.41) is 2.81. The van der Waals surface area contributed by atoms with Crippen LogP contribution in [0.3, 0.4) is 0 Å². The molecule has 1 amide bonds. The number of hydroxylamine groups is 1. The number of rotatable bonds is 9. The van der Waals surface area contributed by atoms with Crippen LogP contribution in [0.2, 0.25) is 0 Å². The Labute approximate surface area is 153 Å². The number of allylic oxidation sites excluding steroid dienone is 2. The van der Waals surface area contributed by atoms with Crippen molar-refractivity contribution >= 4 is 17.5 Å². The van der Waals surface area contributed by atoms with Gasteiger partial charge in [0.2, 0.25) is 5.91 Å². The van der Waals surface area contributed by atoms with Crippen molar-refractivity contribution in [2.45, 2.75) is 39.2 Å². The maximum Gasteiger partial charge on any atom is 0.224 e. The van der Waals surface area contributed by atoms with E-state index in [0.717, 1.165) is 12.0 Å². The van der Waals surface area contributed by atoms with Crippen molar-refractivity contribution < 1.29 is 19.2 Å². The number of carbonyl (C=O) groups excluding carboxylic acids is 3. The largest absolute Gasteiger partial charge is 0.352 e. The van der Waals surface area contributed by atoms with Crippen molar-refractivity contribution in [1.29, 1.82) is 0 Å². The maximum atomic E-state index is 12.3. The summed E-state index contributed by atoms with van der Waals surface area (Å²) in [4.78, 5) is 41.8. The van der Waals surface area contributed by atoms with E-state index in [1.165, 1.54) is 0 Å². The second-order valence-electron chi connectivity index (χ2n) is 6.24. The Morgan fingerprint density at radius 1 is 1.19 bits per heavy atom. The molecule has 0 spiro atoms.